The van der Waals surface area contributed by atoms with Gasteiger partial charge in [0.05, 0.1) is 11.6 Å². The molecule has 5 nitrogen and oxygen atoms in total. The van der Waals surface area contributed by atoms with Crippen LogP contribution in [-0.4, -0.2) is 11.7 Å². The molecule has 0 radical (unpaired) electrons. The van der Waals surface area contributed by atoms with Crippen LogP contribution in [0.4, 0.5) is 4.79 Å². The average Bonchev–Trinajstić information content (AvgIpc) is 2.77. The first kappa shape index (κ1) is 31.7. The number of nitrogens with one attached hydrogen (secondary N) is 1. The number of carbonyl (C=O) groups excluding carboxylic acids is 1. The fourth-order valence-corrected chi connectivity index (χ4v) is 2.86. The Hall–Kier alpha value is -3.33. The number of nitrogens with two attached hydrogens (primary N) is 1. The zero-order valence-corrected chi connectivity index (χ0v) is 22.3. The smallest absolute Gasteiger partial charge is 0.407 e. The highest BCUT2D eigenvalue weighted by Gasteiger charge is 2.15. The number of carbonyl (C=O) groups is 1. The van der Waals surface area contributed by atoms with Crippen molar-refractivity contribution in [1.29, 1.82) is 5.26 Å². The van der Waals surface area contributed by atoms with Crippen molar-refractivity contribution in [3.8, 4) is 6.07 Å². The summed E-state index contributed by atoms with van der Waals surface area (Å²) in [5, 5.41) is 11.1. The van der Waals surface area contributed by atoms with Gasteiger partial charge in [-0.05, 0) is 70.4 Å². The summed E-state index contributed by atoms with van der Waals surface area (Å²) in [6.45, 7) is 12.7. The summed E-state index contributed by atoms with van der Waals surface area (Å²) in [5.74, 6) is 0. The first-order valence-electron chi connectivity index (χ1n) is 11.3. The van der Waals surface area contributed by atoms with E-state index in [4.69, 9.17) is 15.7 Å². The summed E-state index contributed by atoms with van der Waals surface area (Å²) in [5.41, 5.74) is 11.6. The molecule has 0 atom stereocenters. The number of benzene rings is 3. The van der Waals surface area contributed by atoms with Crippen LogP contribution >= 0.6 is 0 Å². The normalized spacial score (nSPS) is 9.66. The molecule has 0 heterocycles. The van der Waals surface area contributed by atoms with Gasteiger partial charge in [-0.3, -0.25) is 0 Å². The Balaban J connectivity index is 0.000000522. The molecule has 35 heavy (non-hydrogen) atoms. The first-order valence-corrected chi connectivity index (χ1v) is 11.3. The van der Waals surface area contributed by atoms with Gasteiger partial charge in [0, 0.05) is 13.1 Å². The van der Waals surface area contributed by atoms with Crippen LogP contribution in [0.3, 0.4) is 0 Å². The van der Waals surface area contributed by atoms with Crippen molar-refractivity contribution in [3.63, 3.8) is 0 Å². The summed E-state index contributed by atoms with van der Waals surface area (Å²) >= 11 is 0. The van der Waals surface area contributed by atoms with Crippen LogP contribution in [0.1, 0.15) is 54.2 Å². The maximum absolute atomic E-state index is 11.4. The lowest BCUT2D eigenvalue weighted by Gasteiger charge is -2.19. The molecular weight excluding hydrogens is 458 g/mol. The van der Waals surface area contributed by atoms with E-state index in [1.807, 2.05) is 89.2 Å². The van der Waals surface area contributed by atoms with E-state index in [9.17, 15) is 4.79 Å². The van der Waals surface area contributed by atoms with Crippen LogP contribution in [0, 0.1) is 32.1 Å². The van der Waals surface area contributed by atoms with Crippen molar-refractivity contribution in [1.82, 2.24) is 5.32 Å². The maximum Gasteiger partial charge on any atom is 0.407 e. The van der Waals surface area contributed by atoms with Gasteiger partial charge in [-0.25, -0.2) is 4.79 Å². The molecule has 1 amide bonds. The van der Waals surface area contributed by atoms with Crippen molar-refractivity contribution in [3.05, 3.63) is 106 Å². The summed E-state index contributed by atoms with van der Waals surface area (Å²) < 4.78 is 5.14. The lowest BCUT2D eigenvalue weighted by molar-refractivity contribution is -0.0000293. The zero-order valence-electron chi connectivity index (χ0n) is 21.6. The molecule has 3 aromatic carbocycles. The Morgan fingerprint density at radius 1 is 0.886 bits per heavy atom. The predicted octanol–water partition coefficient (Wildman–Crippen LogP) is 3.34. The maximum atomic E-state index is 11.4. The molecule has 0 aromatic heterocycles. The van der Waals surface area contributed by atoms with E-state index in [1.165, 1.54) is 16.7 Å². The lowest BCUT2D eigenvalue weighted by atomic mass is 10.1. The van der Waals surface area contributed by atoms with E-state index in [0.29, 0.717) is 13.1 Å². The summed E-state index contributed by atoms with van der Waals surface area (Å²) in [7, 11) is 0. The third-order valence-electron chi connectivity index (χ3n) is 4.38. The average molecular weight is 495 g/mol. The van der Waals surface area contributed by atoms with Gasteiger partial charge in [-0.15, -0.1) is 0 Å². The van der Waals surface area contributed by atoms with Crippen LogP contribution < -0.4 is 23.5 Å². The summed E-state index contributed by atoms with van der Waals surface area (Å²) in [4.78, 5) is 11.4. The van der Waals surface area contributed by atoms with E-state index in [1.54, 1.807) is 6.07 Å². The van der Waals surface area contributed by atoms with Gasteiger partial charge in [0.2, 0.25) is 0 Å². The largest absolute Gasteiger partial charge is 1.00 e. The molecule has 0 saturated carbocycles. The van der Waals surface area contributed by atoms with Crippen LogP contribution in [0.25, 0.3) is 0 Å². The van der Waals surface area contributed by atoms with E-state index >= 15 is 0 Å². The highest BCUT2D eigenvalue weighted by atomic mass is 35.5. The molecule has 3 rings (SSSR count). The highest BCUT2D eigenvalue weighted by molar-refractivity contribution is 5.67. The van der Waals surface area contributed by atoms with Crippen molar-refractivity contribution in [2.75, 3.05) is 0 Å². The number of hydrogen-bond donors (Lipinski definition) is 2. The van der Waals surface area contributed by atoms with Gasteiger partial charge < -0.3 is 28.2 Å². The molecule has 0 aliphatic carbocycles. The first-order chi connectivity index (χ1) is 16.0. The van der Waals surface area contributed by atoms with Gasteiger partial charge in [0.15, 0.2) is 0 Å². The number of amides is 1. The number of halogens is 1. The van der Waals surface area contributed by atoms with Gasteiger partial charge in [-0.1, -0.05) is 71.8 Å². The van der Waals surface area contributed by atoms with Crippen molar-refractivity contribution < 1.29 is 21.9 Å². The number of nitrogens with zero attached hydrogens (tertiary/aromatic N) is 1. The molecule has 3 aromatic rings. The fourth-order valence-electron chi connectivity index (χ4n) is 2.86. The summed E-state index contributed by atoms with van der Waals surface area (Å²) in [6.07, 6.45) is -0.381. The zero-order chi connectivity index (χ0) is 25.6. The van der Waals surface area contributed by atoms with Crippen LogP contribution in [0.5, 0.6) is 0 Å². The minimum absolute atomic E-state index is 0. The van der Waals surface area contributed by atoms with Crippen LogP contribution in [0.2, 0.25) is 0 Å². The number of nitriles is 1. The second-order valence-corrected chi connectivity index (χ2v) is 9.02. The quantitative estimate of drug-likeness (QED) is 0.584. The predicted molar refractivity (Wildman–Crippen MR) is 139 cm³/mol. The number of ether oxygens (including phenoxy) is 1. The number of rotatable bonds is 3. The Bertz CT molecular complexity index is 1090. The van der Waals surface area contributed by atoms with Gasteiger partial charge in [0.25, 0.3) is 0 Å². The third-order valence-corrected chi connectivity index (χ3v) is 4.38. The van der Waals surface area contributed by atoms with Crippen molar-refractivity contribution in [2.45, 2.75) is 60.2 Å². The lowest BCUT2D eigenvalue weighted by Crippen LogP contribution is -3.00. The monoisotopic (exact) mass is 494 g/mol. The molecule has 0 unspecified atom stereocenters. The van der Waals surface area contributed by atoms with Gasteiger partial charge >= 0.3 is 6.09 Å². The van der Waals surface area contributed by atoms with Crippen molar-refractivity contribution in [2.24, 2.45) is 5.73 Å². The molecule has 0 bridgehead atoms. The molecule has 3 N–H and O–H groups in total. The molecular formula is C29H37ClN3O2-. The molecule has 0 spiro atoms. The second-order valence-electron chi connectivity index (χ2n) is 9.02. The number of aryl methyl sites for hydroxylation is 3. The Kier molecular flexibility index (Phi) is 14.8. The third kappa shape index (κ3) is 15.2. The highest BCUT2D eigenvalue weighted by Crippen LogP contribution is 2.08. The SMILES string of the molecule is Cc1cccc(C#N)c1.Cc1cccc(CN)c1.Cc1cccc(CNC(=O)OC(C)(C)C)c1.[Cl-]. The van der Waals surface area contributed by atoms with Gasteiger partial charge in [-0.2, -0.15) is 5.26 Å². The molecule has 0 aliphatic heterocycles. The minimum atomic E-state index is -0.448. The number of alkyl carbamates (subject to hydrolysis) is 1. The number of hydrogen-bond acceptors (Lipinski definition) is 4. The second kappa shape index (κ2) is 16.3. The van der Waals surface area contributed by atoms with E-state index in [-0.39, 0.29) is 18.5 Å². The fraction of sp³-hybridized carbons (Fsp3) is 0.310. The van der Waals surface area contributed by atoms with E-state index < -0.39 is 5.60 Å². The minimum Gasteiger partial charge on any atom is -1.00 e. The van der Waals surface area contributed by atoms with E-state index in [0.717, 1.165) is 16.7 Å². The molecule has 188 valence electrons. The molecule has 0 saturated heterocycles. The van der Waals surface area contributed by atoms with Crippen LogP contribution in [-0.2, 0) is 17.8 Å². The Morgan fingerprint density at radius 3 is 1.77 bits per heavy atom. The standard InChI is InChI=1S/C13H19NO2.C8H11N.C8H7N.ClH/c1-10-6-5-7-11(8-10)9-14-12(15)16-13(2,3)4;2*1-7-3-2-4-8(5-7)6-9;/h5-8H,9H2,1-4H3,(H,14,15);2-5H,6,9H2,1H3;2-5H,1H3;1H/p-1. The van der Waals surface area contributed by atoms with Gasteiger partial charge in [0.1, 0.15) is 5.60 Å². The Morgan fingerprint density at radius 2 is 1.37 bits per heavy atom. The van der Waals surface area contributed by atoms with E-state index in [2.05, 4.69) is 30.4 Å². The van der Waals surface area contributed by atoms with Crippen molar-refractivity contribution >= 4 is 6.09 Å². The molecule has 0 aliphatic rings. The topological polar surface area (TPSA) is 88.1 Å². The Labute approximate surface area is 216 Å². The van der Waals surface area contributed by atoms with Crippen LogP contribution in [0.15, 0.2) is 72.8 Å². The molecule has 6 heteroatoms. The molecule has 0 fully saturated rings. The summed E-state index contributed by atoms with van der Waals surface area (Å²) in [6, 6.07) is 25.8.